The normalized spacial score (nSPS) is 10.9. The lowest BCUT2D eigenvalue weighted by Crippen LogP contribution is -2.07. The quantitative estimate of drug-likeness (QED) is 0.139. The van der Waals surface area contributed by atoms with Gasteiger partial charge in [0.15, 0.2) is 0 Å². The molecule has 0 aliphatic heterocycles. The molecule has 0 spiro atoms. The summed E-state index contributed by atoms with van der Waals surface area (Å²) in [5.41, 5.74) is 7.02. The number of aliphatic hydroxyl groups is 1. The van der Waals surface area contributed by atoms with Crippen LogP contribution in [0.5, 0.6) is 0 Å². The number of aryl methyl sites for hydroxylation is 2. The summed E-state index contributed by atoms with van der Waals surface area (Å²) in [6.07, 6.45) is 33.2. The zero-order chi connectivity index (χ0) is 26.7. The Kier molecular flexibility index (Phi) is 26.6. The third-order valence-corrected chi connectivity index (χ3v) is 7.79. The summed E-state index contributed by atoms with van der Waals surface area (Å²) in [5.74, 6) is 0. The van der Waals surface area contributed by atoms with Crippen molar-refractivity contribution in [3.05, 3.63) is 34.4 Å². The first kappa shape index (κ1) is 35.2. The Balaban J connectivity index is 0.00000596. The maximum atomic E-state index is 7.00. The van der Waals surface area contributed by atoms with E-state index >= 15 is 0 Å². The highest BCUT2D eigenvalue weighted by molar-refractivity contribution is 5.42. The fourth-order valence-corrected chi connectivity index (χ4v) is 5.53. The number of benzene rings is 1. The molecule has 0 atom stereocenters. The SMILES string of the molecule is CCCCCCCCc1c(CCCCCC)ccc(CCCCCCC)c1CCCCCCC.CO. The van der Waals surface area contributed by atoms with Crippen molar-refractivity contribution >= 4 is 0 Å². The van der Waals surface area contributed by atoms with Crippen LogP contribution in [0.25, 0.3) is 0 Å². The van der Waals surface area contributed by atoms with E-state index in [1.54, 1.807) is 22.3 Å². The second-order valence-corrected chi connectivity index (χ2v) is 11.0. The lowest BCUT2D eigenvalue weighted by molar-refractivity contribution is 0.399. The second-order valence-electron chi connectivity index (χ2n) is 11.0. The van der Waals surface area contributed by atoms with E-state index in [0.29, 0.717) is 0 Å². The predicted octanol–water partition coefficient (Wildman–Crippen LogP) is 11.3. The number of unbranched alkanes of at least 4 members (excludes halogenated alkanes) is 16. The van der Waals surface area contributed by atoms with Crippen molar-refractivity contribution in [1.29, 1.82) is 0 Å². The van der Waals surface area contributed by atoms with Crippen LogP contribution in [0, 0.1) is 0 Å². The van der Waals surface area contributed by atoms with Gasteiger partial charge < -0.3 is 5.11 Å². The molecular formula is C35H66O. The molecule has 1 aromatic carbocycles. The minimum atomic E-state index is 1.00. The molecule has 0 radical (unpaired) electrons. The summed E-state index contributed by atoms with van der Waals surface area (Å²) in [6, 6.07) is 5.11. The fraction of sp³-hybridized carbons (Fsp3) is 0.829. The van der Waals surface area contributed by atoms with E-state index < -0.39 is 0 Å². The van der Waals surface area contributed by atoms with E-state index in [2.05, 4.69) is 39.8 Å². The third-order valence-electron chi connectivity index (χ3n) is 7.79. The average Bonchev–Trinajstić information content (AvgIpc) is 2.91. The van der Waals surface area contributed by atoms with Crippen LogP contribution in [0.4, 0.5) is 0 Å². The van der Waals surface area contributed by atoms with Gasteiger partial charge in [0.2, 0.25) is 0 Å². The Bertz CT molecular complexity index is 576. The van der Waals surface area contributed by atoms with Crippen molar-refractivity contribution < 1.29 is 5.11 Å². The van der Waals surface area contributed by atoms with E-state index in [4.69, 9.17) is 5.11 Å². The van der Waals surface area contributed by atoms with E-state index in [0.717, 1.165) is 7.11 Å². The lowest BCUT2D eigenvalue weighted by Gasteiger charge is -2.20. The third kappa shape index (κ3) is 17.6. The molecule has 0 aliphatic carbocycles. The molecule has 1 aromatic rings. The molecule has 0 aliphatic rings. The molecule has 0 heterocycles. The smallest absolute Gasteiger partial charge is 0.0319 e. The first-order valence-electron chi connectivity index (χ1n) is 16.4. The number of rotatable bonds is 24. The Labute approximate surface area is 228 Å². The molecule has 0 aromatic heterocycles. The average molecular weight is 503 g/mol. The Hall–Kier alpha value is -0.820. The van der Waals surface area contributed by atoms with Gasteiger partial charge in [0.25, 0.3) is 0 Å². The van der Waals surface area contributed by atoms with E-state index in [1.807, 2.05) is 0 Å². The topological polar surface area (TPSA) is 20.2 Å². The molecule has 0 amide bonds. The van der Waals surface area contributed by atoms with Gasteiger partial charge in [0.1, 0.15) is 0 Å². The van der Waals surface area contributed by atoms with Gasteiger partial charge in [-0.1, -0.05) is 143 Å². The molecule has 1 nitrogen and oxygen atoms in total. The summed E-state index contributed by atoms with van der Waals surface area (Å²) in [4.78, 5) is 0. The highest BCUT2D eigenvalue weighted by Gasteiger charge is 2.13. The molecule has 36 heavy (non-hydrogen) atoms. The van der Waals surface area contributed by atoms with Crippen LogP contribution in [0.15, 0.2) is 12.1 Å². The van der Waals surface area contributed by atoms with Gasteiger partial charge in [-0.25, -0.2) is 0 Å². The minimum absolute atomic E-state index is 1.00. The van der Waals surface area contributed by atoms with Crippen LogP contribution < -0.4 is 0 Å². The lowest BCUT2D eigenvalue weighted by atomic mass is 9.85. The van der Waals surface area contributed by atoms with E-state index in [1.165, 1.54) is 154 Å². The summed E-state index contributed by atoms with van der Waals surface area (Å²) in [6.45, 7) is 9.31. The summed E-state index contributed by atoms with van der Waals surface area (Å²) >= 11 is 0. The zero-order valence-electron chi connectivity index (χ0n) is 25.6. The molecule has 0 unspecified atom stereocenters. The van der Waals surface area contributed by atoms with Crippen molar-refractivity contribution in [1.82, 2.24) is 0 Å². The Morgan fingerprint density at radius 1 is 0.361 bits per heavy atom. The molecule has 1 heteroatoms. The summed E-state index contributed by atoms with van der Waals surface area (Å²) < 4.78 is 0. The monoisotopic (exact) mass is 503 g/mol. The summed E-state index contributed by atoms with van der Waals surface area (Å²) in [7, 11) is 1.00. The maximum Gasteiger partial charge on any atom is 0.0319 e. The largest absolute Gasteiger partial charge is 0.400 e. The van der Waals surface area contributed by atoms with Crippen LogP contribution in [0.3, 0.4) is 0 Å². The fourth-order valence-electron chi connectivity index (χ4n) is 5.53. The van der Waals surface area contributed by atoms with Crippen molar-refractivity contribution in [2.24, 2.45) is 0 Å². The van der Waals surface area contributed by atoms with Gasteiger partial charge >= 0.3 is 0 Å². The van der Waals surface area contributed by atoms with Gasteiger partial charge in [-0.3, -0.25) is 0 Å². The van der Waals surface area contributed by atoms with Crippen LogP contribution >= 0.6 is 0 Å². The first-order chi connectivity index (χ1) is 17.8. The molecule has 0 bridgehead atoms. The zero-order valence-corrected chi connectivity index (χ0v) is 25.6. The molecule has 0 saturated heterocycles. The molecular weight excluding hydrogens is 436 g/mol. The Morgan fingerprint density at radius 3 is 0.944 bits per heavy atom. The molecule has 212 valence electrons. The number of aliphatic hydroxyl groups excluding tert-OH is 1. The van der Waals surface area contributed by atoms with Crippen molar-refractivity contribution in [3.8, 4) is 0 Å². The van der Waals surface area contributed by atoms with Crippen LogP contribution in [-0.4, -0.2) is 12.2 Å². The first-order valence-corrected chi connectivity index (χ1v) is 16.4. The predicted molar refractivity (Wildman–Crippen MR) is 164 cm³/mol. The van der Waals surface area contributed by atoms with E-state index in [-0.39, 0.29) is 0 Å². The van der Waals surface area contributed by atoms with Gasteiger partial charge in [-0.15, -0.1) is 0 Å². The number of hydrogen-bond acceptors (Lipinski definition) is 1. The maximum absolute atomic E-state index is 7.00. The molecule has 0 fully saturated rings. The van der Waals surface area contributed by atoms with Crippen LogP contribution in [0.2, 0.25) is 0 Å². The van der Waals surface area contributed by atoms with Crippen LogP contribution in [0.1, 0.15) is 178 Å². The molecule has 1 N–H and O–H groups in total. The van der Waals surface area contributed by atoms with E-state index in [9.17, 15) is 0 Å². The standard InChI is InChI=1S/C34H62.CH4O/c1-5-9-13-17-20-24-28-34-31(25-21-16-12-8-4)29-30-32(26-22-18-14-10-6-2)33(34)27-23-19-15-11-7-3;1-2/h29-30H,5-28H2,1-4H3;2H,1H3. The summed E-state index contributed by atoms with van der Waals surface area (Å²) in [5, 5.41) is 7.00. The van der Waals surface area contributed by atoms with Gasteiger partial charge in [-0.2, -0.15) is 0 Å². The highest BCUT2D eigenvalue weighted by Crippen LogP contribution is 2.28. The van der Waals surface area contributed by atoms with Crippen molar-refractivity contribution in [2.75, 3.05) is 7.11 Å². The molecule has 1 rings (SSSR count). The van der Waals surface area contributed by atoms with Crippen molar-refractivity contribution in [3.63, 3.8) is 0 Å². The number of hydrogen-bond donors (Lipinski definition) is 1. The van der Waals surface area contributed by atoms with Crippen LogP contribution in [-0.2, 0) is 25.7 Å². The van der Waals surface area contributed by atoms with Gasteiger partial charge in [-0.05, 0) is 73.6 Å². The second kappa shape index (κ2) is 27.2. The molecule has 0 saturated carbocycles. The van der Waals surface area contributed by atoms with Gasteiger partial charge in [0.05, 0.1) is 0 Å². The Morgan fingerprint density at radius 2 is 0.611 bits per heavy atom. The van der Waals surface area contributed by atoms with Crippen molar-refractivity contribution in [2.45, 2.75) is 182 Å². The van der Waals surface area contributed by atoms with Gasteiger partial charge in [0, 0.05) is 7.11 Å². The highest BCUT2D eigenvalue weighted by atomic mass is 16.2. The minimum Gasteiger partial charge on any atom is -0.400 e.